The summed E-state index contributed by atoms with van der Waals surface area (Å²) in [5.74, 6) is -1.14. The van der Waals surface area contributed by atoms with E-state index in [1.54, 1.807) is 54.6 Å². The fourth-order valence-electron chi connectivity index (χ4n) is 2.92. The molecule has 0 fully saturated rings. The van der Waals surface area contributed by atoms with Gasteiger partial charge in [-0.05, 0) is 47.5 Å². The molecule has 0 aliphatic rings. The molecule has 2 amide bonds. The highest BCUT2D eigenvalue weighted by atomic mass is 19.1. The Hall–Kier alpha value is -4.00. The number of hydrogen-bond donors (Lipinski definition) is 2. The minimum Gasteiger partial charge on any atom is -0.427 e. The summed E-state index contributed by atoms with van der Waals surface area (Å²) in [6.07, 6.45) is 0.101. The van der Waals surface area contributed by atoms with Gasteiger partial charge in [-0.3, -0.25) is 14.4 Å². The Labute approximate surface area is 179 Å². The third-order valence-electron chi connectivity index (χ3n) is 4.37. The average molecular weight is 420 g/mol. The van der Waals surface area contributed by atoms with Crippen LogP contribution in [0.3, 0.4) is 0 Å². The molecule has 3 rings (SSSR count). The quantitative estimate of drug-likeness (QED) is 0.449. The lowest BCUT2D eigenvalue weighted by Gasteiger charge is -2.12. The van der Waals surface area contributed by atoms with Crippen LogP contribution in [-0.2, 0) is 22.6 Å². The number of halogens is 1. The largest absolute Gasteiger partial charge is 0.427 e. The highest BCUT2D eigenvalue weighted by Gasteiger charge is 2.11. The molecule has 0 aromatic heterocycles. The van der Waals surface area contributed by atoms with Crippen molar-refractivity contribution in [2.24, 2.45) is 0 Å². The molecule has 0 saturated heterocycles. The van der Waals surface area contributed by atoms with Gasteiger partial charge in [0.1, 0.15) is 11.6 Å². The molecule has 0 aliphatic heterocycles. The van der Waals surface area contributed by atoms with E-state index in [-0.39, 0.29) is 36.3 Å². The Bertz CT molecular complexity index is 1100. The van der Waals surface area contributed by atoms with E-state index in [1.165, 1.54) is 25.1 Å². The molecule has 0 unspecified atom stereocenters. The van der Waals surface area contributed by atoms with Gasteiger partial charge >= 0.3 is 5.97 Å². The van der Waals surface area contributed by atoms with Crippen LogP contribution in [0.25, 0.3) is 0 Å². The topological polar surface area (TPSA) is 84.5 Å². The highest BCUT2D eigenvalue weighted by molar-refractivity contribution is 5.95. The molecule has 3 aromatic rings. The third-order valence-corrected chi connectivity index (χ3v) is 4.37. The number of hydrogen-bond acceptors (Lipinski definition) is 4. The van der Waals surface area contributed by atoms with Crippen LogP contribution in [0.5, 0.6) is 5.75 Å². The predicted octanol–water partition coefficient (Wildman–Crippen LogP) is 3.86. The number of para-hydroxylation sites is 1. The molecular weight excluding hydrogens is 399 g/mol. The summed E-state index contributed by atoms with van der Waals surface area (Å²) < 4.78 is 18.0. The van der Waals surface area contributed by atoms with Crippen LogP contribution < -0.4 is 15.4 Å². The van der Waals surface area contributed by atoms with E-state index in [0.29, 0.717) is 16.8 Å². The van der Waals surface area contributed by atoms with Crippen molar-refractivity contribution >= 4 is 23.5 Å². The number of carbonyl (C=O) groups is 3. The molecular formula is C24H21FN2O4. The lowest BCUT2D eigenvalue weighted by atomic mass is 10.1. The molecule has 2 N–H and O–H groups in total. The Kier molecular flexibility index (Phi) is 7.11. The second-order valence-electron chi connectivity index (χ2n) is 6.81. The van der Waals surface area contributed by atoms with Gasteiger partial charge in [0.2, 0.25) is 5.91 Å². The van der Waals surface area contributed by atoms with Crippen molar-refractivity contribution < 1.29 is 23.5 Å². The zero-order valence-corrected chi connectivity index (χ0v) is 16.9. The molecule has 0 aliphatic carbocycles. The predicted molar refractivity (Wildman–Crippen MR) is 114 cm³/mol. The maximum absolute atomic E-state index is 13.0. The zero-order valence-electron chi connectivity index (χ0n) is 16.9. The van der Waals surface area contributed by atoms with Crippen molar-refractivity contribution in [2.45, 2.75) is 19.9 Å². The molecule has 0 heterocycles. The summed E-state index contributed by atoms with van der Waals surface area (Å²) in [6.45, 7) is 1.47. The van der Waals surface area contributed by atoms with E-state index in [0.717, 1.165) is 5.56 Å². The molecule has 0 saturated carbocycles. The van der Waals surface area contributed by atoms with Crippen molar-refractivity contribution in [3.63, 3.8) is 0 Å². The second kappa shape index (κ2) is 10.2. The smallest absolute Gasteiger partial charge is 0.308 e. The molecule has 7 heteroatoms. The van der Waals surface area contributed by atoms with Crippen LogP contribution in [-0.4, -0.2) is 17.8 Å². The van der Waals surface area contributed by atoms with Crippen LogP contribution in [0.4, 0.5) is 10.1 Å². The van der Waals surface area contributed by atoms with Gasteiger partial charge in [-0.2, -0.15) is 0 Å². The van der Waals surface area contributed by atoms with E-state index in [4.69, 9.17) is 4.74 Å². The van der Waals surface area contributed by atoms with Gasteiger partial charge < -0.3 is 15.4 Å². The standard InChI is InChI=1S/C24H21FN2O4/c1-16(28)31-21-7-4-6-18(14-21)24(30)26-15-19-5-2-3-8-22(19)27-23(29)13-17-9-11-20(25)12-10-17/h2-12,14H,13,15H2,1H3,(H,26,30)(H,27,29). The van der Waals surface area contributed by atoms with Gasteiger partial charge in [-0.15, -0.1) is 0 Å². The van der Waals surface area contributed by atoms with E-state index < -0.39 is 5.97 Å². The number of carbonyl (C=O) groups excluding carboxylic acids is 3. The maximum Gasteiger partial charge on any atom is 0.308 e. The van der Waals surface area contributed by atoms with Gasteiger partial charge in [0.15, 0.2) is 0 Å². The number of benzene rings is 3. The van der Waals surface area contributed by atoms with Gasteiger partial charge in [0.05, 0.1) is 6.42 Å². The first kappa shape index (κ1) is 21.7. The van der Waals surface area contributed by atoms with Crippen molar-refractivity contribution in [1.82, 2.24) is 5.32 Å². The van der Waals surface area contributed by atoms with Gasteiger partial charge in [-0.25, -0.2) is 4.39 Å². The van der Waals surface area contributed by atoms with Crippen molar-refractivity contribution in [3.05, 3.63) is 95.3 Å². The second-order valence-corrected chi connectivity index (χ2v) is 6.81. The minimum absolute atomic E-state index is 0.101. The summed E-state index contributed by atoms with van der Waals surface area (Å²) in [7, 11) is 0. The molecule has 0 radical (unpaired) electrons. The minimum atomic E-state index is -0.470. The van der Waals surface area contributed by atoms with E-state index in [1.807, 2.05) is 0 Å². The zero-order chi connectivity index (χ0) is 22.2. The lowest BCUT2D eigenvalue weighted by Crippen LogP contribution is -2.24. The Morgan fingerprint density at radius 2 is 1.68 bits per heavy atom. The molecule has 0 bridgehead atoms. The normalized spacial score (nSPS) is 10.3. The number of nitrogens with one attached hydrogen (secondary N) is 2. The Morgan fingerprint density at radius 1 is 0.935 bits per heavy atom. The lowest BCUT2D eigenvalue weighted by molar-refractivity contribution is -0.131. The molecule has 6 nitrogen and oxygen atoms in total. The van der Waals surface area contributed by atoms with Gasteiger partial charge in [-0.1, -0.05) is 36.4 Å². The SMILES string of the molecule is CC(=O)Oc1cccc(C(=O)NCc2ccccc2NC(=O)Cc2ccc(F)cc2)c1. The first-order valence-electron chi connectivity index (χ1n) is 9.59. The summed E-state index contributed by atoms with van der Waals surface area (Å²) in [5, 5.41) is 5.62. The Morgan fingerprint density at radius 3 is 2.42 bits per heavy atom. The summed E-state index contributed by atoms with van der Waals surface area (Å²) in [6, 6.07) is 19.2. The molecule has 0 atom stereocenters. The summed E-state index contributed by atoms with van der Waals surface area (Å²) in [4.78, 5) is 35.9. The fraction of sp³-hybridized carbons (Fsp3) is 0.125. The van der Waals surface area contributed by atoms with Crippen molar-refractivity contribution in [3.8, 4) is 5.75 Å². The van der Waals surface area contributed by atoms with E-state index in [9.17, 15) is 18.8 Å². The number of anilines is 1. The maximum atomic E-state index is 13.0. The monoisotopic (exact) mass is 420 g/mol. The van der Waals surface area contributed by atoms with Crippen molar-refractivity contribution in [1.29, 1.82) is 0 Å². The van der Waals surface area contributed by atoms with Crippen LogP contribution in [0, 0.1) is 5.82 Å². The first-order chi connectivity index (χ1) is 14.9. The molecule has 31 heavy (non-hydrogen) atoms. The first-order valence-corrected chi connectivity index (χ1v) is 9.59. The number of esters is 1. The summed E-state index contributed by atoms with van der Waals surface area (Å²) >= 11 is 0. The van der Waals surface area contributed by atoms with Crippen LogP contribution in [0.2, 0.25) is 0 Å². The Balaban J connectivity index is 1.62. The van der Waals surface area contributed by atoms with Gasteiger partial charge in [0.25, 0.3) is 5.91 Å². The number of rotatable bonds is 7. The van der Waals surface area contributed by atoms with Crippen LogP contribution >= 0.6 is 0 Å². The third kappa shape index (κ3) is 6.50. The number of ether oxygens (including phenoxy) is 1. The number of amides is 2. The van der Waals surface area contributed by atoms with Crippen LogP contribution in [0.1, 0.15) is 28.4 Å². The van der Waals surface area contributed by atoms with E-state index >= 15 is 0 Å². The molecule has 0 spiro atoms. The molecule has 3 aromatic carbocycles. The van der Waals surface area contributed by atoms with Gasteiger partial charge in [0, 0.05) is 24.7 Å². The van der Waals surface area contributed by atoms with Crippen LogP contribution in [0.15, 0.2) is 72.8 Å². The molecule has 158 valence electrons. The highest BCUT2D eigenvalue weighted by Crippen LogP contribution is 2.17. The van der Waals surface area contributed by atoms with E-state index in [2.05, 4.69) is 10.6 Å². The summed E-state index contributed by atoms with van der Waals surface area (Å²) in [5.41, 5.74) is 2.33. The average Bonchev–Trinajstić information content (AvgIpc) is 2.74. The fourth-order valence-corrected chi connectivity index (χ4v) is 2.92. The van der Waals surface area contributed by atoms with Crippen molar-refractivity contribution in [2.75, 3.05) is 5.32 Å².